The maximum atomic E-state index is 12.0. The average molecular weight is 284 g/mol. The Hall–Kier alpha value is -1.59. The van der Waals surface area contributed by atoms with Crippen molar-refractivity contribution in [3.8, 4) is 0 Å². The van der Waals surface area contributed by atoms with Crippen LogP contribution in [-0.4, -0.2) is 46.9 Å². The number of hydrogen-bond donors (Lipinski definition) is 2. The minimum absolute atomic E-state index is 0.0481. The molecule has 0 unspecified atom stereocenters. The van der Waals surface area contributed by atoms with E-state index in [1.165, 1.54) is 4.90 Å². The second-order valence-electron chi connectivity index (χ2n) is 5.14. The summed E-state index contributed by atoms with van der Waals surface area (Å²) >= 11 is 0. The summed E-state index contributed by atoms with van der Waals surface area (Å²) < 4.78 is 0. The van der Waals surface area contributed by atoms with Crippen LogP contribution in [0.15, 0.2) is 0 Å². The van der Waals surface area contributed by atoms with Crippen molar-refractivity contribution in [3.63, 3.8) is 0 Å². The lowest BCUT2D eigenvalue weighted by Gasteiger charge is -2.33. The van der Waals surface area contributed by atoms with Crippen LogP contribution in [-0.2, 0) is 14.4 Å². The third kappa shape index (κ3) is 5.19. The van der Waals surface area contributed by atoms with E-state index >= 15 is 0 Å². The number of carbonyl (C=O) groups excluding carboxylic acids is 2. The van der Waals surface area contributed by atoms with Crippen LogP contribution < -0.4 is 5.32 Å². The Labute approximate surface area is 119 Å². The minimum Gasteiger partial charge on any atom is -0.480 e. The van der Waals surface area contributed by atoms with Crippen molar-refractivity contribution in [3.05, 3.63) is 0 Å². The predicted octanol–water partition coefficient (Wildman–Crippen LogP) is 1.15. The molecule has 6 heteroatoms. The minimum atomic E-state index is -0.932. The van der Waals surface area contributed by atoms with Crippen LogP contribution in [0.2, 0.25) is 0 Å². The van der Waals surface area contributed by atoms with Crippen molar-refractivity contribution in [2.24, 2.45) is 0 Å². The van der Waals surface area contributed by atoms with Crippen molar-refractivity contribution in [1.29, 1.82) is 0 Å². The molecule has 1 fully saturated rings. The molecule has 0 radical (unpaired) electrons. The molecule has 1 atom stereocenters. The van der Waals surface area contributed by atoms with Gasteiger partial charge in [-0.3, -0.25) is 9.59 Å². The van der Waals surface area contributed by atoms with Crippen LogP contribution in [0.25, 0.3) is 0 Å². The summed E-state index contributed by atoms with van der Waals surface area (Å²) in [7, 11) is 0. The molecule has 20 heavy (non-hydrogen) atoms. The van der Waals surface area contributed by atoms with Crippen molar-refractivity contribution < 1.29 is 19.5 Å². The van der Waals surface area contributed by atoms with E-state index in [1.807, 2.05) is 6.92 Å². The monoisotopic (exact) mass is 284 g/mol. The molecule has 0 aromatic heterocycles. The SMILES string of the molecule is CCCNC(=O)CCCC(=O)N1CCCC[C@@H]1C(=O)O. The van der Waals surface area contributed by atoms with Crippen LogP contribution in [0.3, 0.4) is 0 Å². The molecule has 0 bridgehead atoms. The number of hydrogen-bond acceptors (Lipinski definition) is 3. The fourth-order valence-corrected chi connectivity index (χ4v) is 2.38. The highest BCUT2D eigenvalue weighted by Crippen LogP contribution is 2.18. The van der Waals surface area contributed by atoms with Crippen molar-refractivity contribution >= 4 is 17.8 Å². The Balaban J connectivity index is 2.33. The van der Waals surface area contributed by atoms with E-state index in [4.69, 9.17) is 5.11 Å². The van der Waals surface area contributed by atoms with Crippen LogP contribution in [0.1, 0.15) is 51.9 Å². The molecule has 0 spiro atoms. The van der Waals surface area contributed by atoms with Gasteiger partial charge in [0.05, 0.1) is 0 Å². The molecule has 0 saturated carbocycles. The lowest BCUT2D eigenvalue weighted by atomic mass is 10.0. The fraction of sp³-hybridized carbons (Fsp3) is 0.786. The van der Waals surface area contributed by atoms with Gasteiger partial charge in [-0.1, -0.05) is 6.92 Å². The van der Waals surface area contributed by atoms with Gasteiger partial charge in [0.15, 0.2) is 0 Å². The number of carbonyl (C=O) groups is 3. The number of nitrogens with one attached hydrogen (secondary N) is 1. The first kappa shape index (κ1) is 16.5. The molecular formula is C14H24N2O4. The Bertz CT molecular complexity index is 357. The van der Waals surface area contributed by atoms with Crippen LogP contribution in [0.5, 0.6) is 0 Å². The van der Waals surface area contributed by atoms with E-state index < -0.39 is 12.0 Å². The summed E-state index contributed by atoms with van der Waals surface area (Å²) in [5, 5.41) is 11.9. The van der Waals surface area contributed by atoms with Crippen molar-refractivity contribution in [1.82, 2.24) is 10.2 Å². The number of carboxylic acid groups (broad SMARTS) is 1. The summed E-state index contributed by atoms with van der Waals surface area (Å²) in [5.41, 5.74) is 0. The number of rotatable bonds is 7. The van der Waals surface area contributed by atoms with Gasteiger partial charge >= 0.3 is 5.97 Å². The number of aliphatic carboxylic acids is 1. The fourth-order valence-electron chi connectivity index (χ4n) is 2.38. The van der Waals surface area contributed by atoms with Gasteiger partial charge in [-0.05, 0) is 32.1 Å². The summed E-state index contributed by atoms with van der Waals surface area (Å²) in [4.78, 5) is 36.0. The molecule has 1 aliphatic heterocycles. The number of nitrogens with zero attached hydrogens (tertiary/aromatic N) is 1. The zero-order valence-corrected chi connectivity index (χ0v) is 12.1. The molecule has 1 saturated heterocycles. The van der Waals surface area contributed by atoms with Gasteiger partial charge in [-0.25, -0.2) is 4.79 Å². The summed E-state index contributed by atoms with van der Waals surface area (Å²) in [5.74, 6) is -1.13. The standard InChI is InChI=1S/C14H24N2O4/c1-2-9-15-12(17)7-5-8-13(18)16-10-4-3-6-11(16)14(19)20/h11H,2-10H2,1H3,(H,15,17)(H,19,20)/t11-/m1/s1. The highest BCUT2D eigenvalue weighted by molar-refractivity contribution is 5.84. The smallest absolute Gasteiger partial charge is 0.326 e. The highest BCUT2D eigenvalue weighted by atomic mass is 16.4. The van der Waals surface area contributed by atoms with Gasteiger partial charge in [0.25, 0.3) is 0 Å². The Morgan fingerprint density at radius 1 is 1.25 bits per heavy atom. The normalized spacial score (nSPS) is 18.6. The topological polar surface area (TPSA) is 86.7 Å². The molecule has 0 aromatic rings. The quantitative estimate of drug-likeness (QED) is 0.734. The van der Waals surface area contributed by atoms with E-state index in [2.05, 4.69) is 5.32 Å². The number of amides is 2. The number of carboxylic acids is 1. The van der Waals surface area contributed by atoms with Gasteiger partial charge in [-0.2, -0.15) is 0 Å². The average Bonchev–Trinajstić information content (AvgIpc) is 2.44. The van der Waals surface area contributed by atoms with Crippen LogP contribution >= 0.6 is 0 Å². The van der Waals surface area contributed by atoms with Crippen LogP contribution in [0, 0.1) is 0 Å². The predicted molar refractivity (Wildman–Crippen MR) is 74.1 cm³/mol. The molecule has 2 amide bonds. The highest BCUT2D eigenvalue weighted by Gasteiger charge is 2.31. The molecule has 1 aliphatic rings. The summed E-state index contributed by atoms with van der Waals surface area (Å²) in [6.07, 6.45) is 4.14. The van der Waals surface area contributed by atoms with E-state index in [-0.39, 0.29) is 18.2 Å². The van der Waals surface area contributed by atoms with E-state index in [0.717, 1.165) is 19.3 Å². The lowest BCUT2D eigenvalue weighted by Crippen LogP contribution is -2.47. The number of piperidine rings is 1. The molecule has 2 N–H and O–H groups in total. The summed E-state index contributed by atoms with van der Waals surface area (Å²) in [6.45, 7) is 3.14. The third-order valence-corrected chi connectivity index (χ3v) is 3.47. The van der Waals surface area contributed by atoms with Gasteiger partial charge in [-0.15, -0.1) is 0 Å². The zero-order chi connectivity index (χ0) is 15.0. The Morgan fingerprint density at radius 2 is 2.00 bits per heavy atom. The Morgan fingerprint density at radius 3 is 2.65 bits per heavy atom. The van der Waals surface area contributed by atoms with E-state index in [1.54, 1.807) is 0 Å². The van der Waals surface area contributed by atoms with Gasteiger partial charge in [0.2, 0.25) is 11.8 Å². The molecule has 0 aliphatic carbocycles. The van der Waals surface area contributed by atoms with Crippen molar-refractivity contribution in [2.75, 3.05) is 13.1 Å². The Kier molecular flexibility index (Phi) is 7.04. The van der Waals surface area contributed by atoms with Crippen LogP contribution in [0.4, 0.5) is 0 Å². The first-order chi connectivity index (χ1) is 9.56. The first-order valence-corrected chi connectivity index (χ1v) is 7.35. The van der Waals surface area contributed by atoms with Gasteiger partial charge < -0.3 is 15.3 Å². The molecule has 6 nitrogen and oxygen atoms in total. The molecule has 0 aromatic carbocycles. The van der Waals surface area contributed by atoms with Crippen molar-refractivity contribution in [2.45, 2.75) is 57.9 Å². The van der Waals surface area contributed by atoms with Gasteiger partial charge in [0, 0.05) is 25.9 Å². The zero-order valence-electron chi connectivity index (χ0n) is 12.1. The molecule has 1 rings (SSSR count). The maximum Gasteiger partial charge on any atom is 0.326 e. The van der Waals surface area contributed by atoms with E-state index in [9.17, 15) is 14.4 Å². The number of likely N-dealkylation sites (tertiary alicyclic amines) is 1. The third-order valence-electron chi connectivity index (χ3n) is 3.47. The molecular weight excluding hydrogens is 260 g/mol. The second kappa shape index (κ2) is 8.55. The second-order valence-corrected chi connectivity index (χ2v) is 5.14. The lowest BCUT2D eigenvalue weighted by molar-refractivity contribution is -0.152. The molecule has 1 heterocycles. The molecule has 114 valence electrons. The largest absolute Gasteiger partial charge is 0.480 e. The maximum absolute atomic E-state index is 12.0. The van der Waals surface area contributed by atoms with Gasteiger partial charge in [0.1, 0.15) is 6.04 Å². The summed E-state index contributed by atoms with van der Waals surface area (Å²) in [6, 6.07) is -0.690. The van der Waals surface area contributed by atoms with E-state index in [0.29, 0.717) is 32.4 Å². The first-order valence-electron chi connectivity index (χ1n) is 7.35.